The van der Waals surface area contributed by atoms with Crippen LogP contribution < -0.4 is 0 Å². The third kappa shape index (κ3) is 4.96. The number of likely N-dealkylation sites (tertiary alicyclic amines) is 1. The van der Waals surface area contributed by atoms with Crippen molar-refractivity contribution in [1.29, 1.82) is 0 Å². The summed E-state index contributed by atoms with van der Waals surface area (Å²) >= 11 is 12.3. The summed E-state index contributed by atoms with van der Waals surface area (Å²) < 4.78 is 0. The van der Waals surface area contributed by atoms with Crippen LogP contribution in [0.25, 0.3) is 10.9 Å². The number of piperidine rings is 1. The van der Waals surface area contributed by atoms with E-state index in [-0.39, 0.29) is 11.9 Å². The number of aromatic amines is 1. The van der Waals surface area contributed by atoms with E-state index in [1.807, 2.05) is 42.4 Å². The highest BCUT2D eigenvalue weighted by atomic mass is 35.5. The van der Waals surface area contributed by atoms with E-state index in [0.717, 1.165) is 23.9 Å². The summed E-state index contributed by atoms with van der Waals surface area (Å²) in [4.78, 5) is 20.7. The van der Waals surface area contributed by atoms with Gasteiger partial charge in [0.25, 0.3) is 0 Å². The molecule has 3 unspecified atom stereocenters. The summed E-state index contributed by atoms with van der Waals surface area (Å²) in [6.07, 6.45) is 2.88. The van der Waals surface area contributed by atoms with E-state index in [4.69, 9.17) is 23.2 Å². The number of fused-ring (bicyclic) bond motifs is 1. The Morgan fingerprint density at radius 2 is 1.94 bits per heavy atom. The molecule has 0 saturated carbocycles. The molecule has 32 heavy (non-hydrogen) atoms. The van der Waals surface area contributed by atoms with Crippen LogP contribution in [-0.4, -0.2) is 58.1 Å². The van der Waals surface area contributed by atoms with Crippen molar-refractivity contribution in [1.82, 2.24) is 14.8 Å². The van der Waals surface area contributed by atoms with Crippen molar-refractivity contribution in [2.24, 2.45) is 5.92 Å². The fourth-order valence-corrected chi connectivity index (χ4v) is 5.47. The molecule has 4 rings (SSSR count). The molecule has 1 aromatic heterocycles. The molecule has 2 N–H and O–H groups in total. The van der Waals surface area contributed by atoms with Crippen molar-refractivity contribution in [2.75, 3.05) is 20.1 Å². The molecular formula is C25H29Cl2N3O2. The number of amides is 1. The average molecular weight is 474 g/mol. The number of aromatic nitrogens is 1. The van der Waals surface area contributed by atoms with Crippen LogP contribution in [0.1, 0.15) is 24.5 Å². The van der Waals surface area contributed by atoms with E-state index < -0.39 is 12.0 Å². The minimum absolute atomic E-state index is 0.0204. The molecule has 1 aliphatic rings. The Balaban J connectivity index is 1.44. The zero-order chi connectivity index (χ0) is 22.8. The molecule has 0 aliphatic carbocycles. The van der Waals surface area contributed by atoms with Crippen LogP contribution >= 0.6 is 23.2 Å². The van der Waals surface area contributed by atoms with Crippen LogP contribution in [0.15, 0.2) is 48.7 Å². The molecule has 1 amide bonds. The standard InChI is InChI=1S/C25H29Cl2N3O2/c1-16(31)24-23(29(2)15-17-11-19(26)13-20(27)12-17)8-10-30(25(24)32)9-7-18-14-28-22-6-4-3-5-21(18)22/h3-6,11-14,16,23-24,28,31H,7-10,15H2,1-2H3. The molecule has 1 fully saturated rings. The summed E-state index contributed by atoms with van der Waals surface area (Å²) in [7, 11) is 1.99. The minimum Gasteiger partial charge on any atom is -0.393 e. The van der Waals surface area contributed by atoms with Gasteiger partial charge in [0.2, 0.25) is 5.91 Å². The number of rotatable bonds is 7. The van der Waals surface area contributed by atoms with Crippen molar-refractivity contribution < 1.29 is 9.90 Å². The van der Waals surface area contributed by atoms with E-state index in [2.05, 4.69) is 22.0 Å². The van der Waals surface area contributed by atoms with Gasteiger partial charge in [-0.2, -0.15) is 0 Å². The Bertz CT molecular complexity index is 1080. The maximum atomic E-state index is 13.4. The van der Waals surface area contributed by atoms with Crippen LogP contribution in [0.4, 0.5) is 0 Å². The number of aliphatic hydroxyl groups is 1. The summed E-state index contributed by atoms with van der Waals surface area (Å²) in [5.74, 6) is -0.446. The summed E-state index contributed by atoms with van der Waals surface area (Å²) in [6.45, 7) is 3.64. The van der Waals surface area contributed by atoms with Gasteiger partial charge >= 0.3 is 0 Å². The second-order valence-electron chi connectivity index (χ2n) is 8.75. The first kappa shape index (κ1) is 23.1. The predicted octanol–water partition coefficient (Wildman–Crippen LogP) is 4.75. The van der Waals surface area contributed by atoms with Gasteiger partial charge in [-0.25, -0.2) is 0 Å². The monoisotopic (exact) mass is 473 g/mol. The molecule has 2 aromatic carbocycles. The topological polar surface area (TPSA) is 59.6 Å². The highest BCUT2D eigenvalue weighted by Crippen LogP contribution is 2.29. The first-order chi connectivity index (χ1) is 15.3. The Hall–Kier alpha value is -2.05. The molecule has 0 bridgehead atoms. The fourth-order valence-electron chi connectivity index (χ4n) is 4.90. The van der Waals surface area contributed by atoms with Crippen molar-refractivity contribution in [2.45, 2.75) is 38.5 Å². The van der Waals surface area contributed by atoms with Crippen LogP contribution in [0.2, 0.25) is 10.0 Å². The molecule has 3 aromatic rings. The largest absolute Gasteiger partial charge is 0.393 e. The molecule has 1 aliphatic heterocycles. The van der Waals surface area contributed by atoms with Crippen molar-refractivity contribution in [3.63, 3.8) is 0 Å². The van der Waals surface area contributed by atoms with Gasteiger partial charge in [-0.3, -0.25) is 9.69 Å². The lowest BCUT2D eigenvalue weighted by atomic mass is 9.85. The summed E-state index contributed by atoms with van der Waals surface area (Å²) in [5, 5.41) is 12.9. The van der Waals surface area contributed by atoms with Gasteiger partial charge in [-0.15, -0.1) is 0 Å². The van der Waals surface area contributed by atoms with Gasteiger partial charge < -0.3 is 15.0 Å². The molecule has 3 atom stereocenters. The first-order valence-electron chi connectivity index (χ1n) is 11.0. The predicted molar refractivity (Wildman–Crippen MR) is 130 cm³/mol. The SMILES string of the molecule is CC(O)C1C(=O)N(CCc2c[nH]c3ccccc23)CCC1N(C)Cc1cc(Cl)cc(Cl)c1. The lowest BCUT2D eigenvalue weighted by molar-refractivity contribution is -0.147. The molecule has 5 nitrogen and oxygen atoms in total. The number of carbonyl (C=O) groups is 1. The normalized spacial score (nSPS) is 20.3. The molecule has 0 spiro atoms. The Morgan fingerprint density at radius 3 is 2.66 bits per heavy atom. The third-order valence-electron chi connectivity index (χ3n) is 6.47. The van der Waals surface area contributed by atoms with E-state index in [1.165, 1.54) is 10.9 Å². The highest BCUT2D eigenvalue weighted by Gasteiger charge is 2.41. The van der Waals surface area contributed by atoms with Crippen molar-refractivity contribution >= 4 is 40.0 Å². The lowest BCUT2D eigenvalue weighted by Gasteiger charge is -2.43. The quantitative estimate of drug-likeness (QED) is 0.520. The number of para-hydroxylation sites is 1. The first-order valence-corrected chi connectivity index (χ1v) is 11.8. The zero-order valence-corrected chi connectivity index (χ0v) is 19.9. The fraction of sp³-hybridized carbons (Fsp3) is 0.400. The smallest absolute Gasteiger partial charge is 0.229 e. The Kier molecular flexibility index (Phi) is 7.11. The number of benzene rings is 2. The molecule has 2 heterocycles. The maximum Gasteiger partial charge on any atom is 0.229 e. The lowest BCUT2D eigenvalue weighted by Crippen LogP contribution is -2.56. The molecule has 7 heteroatoms. The van der Waals surface area contributed by atoms with Crippen molar-refractivity contribution in [3.8, 4) is 0 Å². The van der Waals surface area contributed by atoms with E-state index in [0.29, 0.717) is 29.7 Å². The van der Waals surface area contributed by atoms with E-state index >= 15 is 0 Å². The maximum absolute atomic E-state index is 13.4. The van der Waals surface area contributed by atoms with Crippen LogP contribution in [0, 0.1) is 5.92 Å². The number of aliphatic hydroxyl groups excluding tert-OH is 1. The molecule has 170 valence electrons. The van der Waals surface area contributed by atoms with Crippen LogP contribution in [-0.2, 0) is 17.8 Å². The molecule has 1 saturated heterocycles. The van der Waals surface area contributed by atoms with Gasteiger partial charge in [0.15, 0.2) is 0 Å². The highest BCUT2D eigenvalue weighted by molar-refractivity contribution is 6.34. The number of nitrogens with one attached hydrogen (secondary N) is 1. The van der Waals surface area contributed by atoms with Crippen LogP contribution in [0.5, 0.6) is 0 Å². The molecular weight excluding hydrogens is 445 g/mol. The van der Waals surface area contributed by atoms with E-state index in [1.54, 1.807) is 13.0 Å². The van der Waals surface area contributed by atoms with Crippen LogP contribution in [0.3, 0.4) is 0 Å². The van der Waals surface area contributed by atoms with Gasteiger partial charge in [0.05, 0.1) is 12.0 Å². The number of carbonyl (C=O) groups excluding carboxylic acids is 1. The Morgan fingerprint density at radius 1 is 1.22 bits per heavy atom. The zero-order valence-electron chi connectivity index (χ0n) is 18.4. The number of hydrogen-bond donors (Lipinski definition) is 2. The van der Waals surface area contributed by atoms with Gasteiger partial charge in [-0.1, -0.05) is 41.4 Å². The molecule has 0 radical (unpaired) electrons. The second-order valence-corrected chi connectivity index (χ2v) is 9.62. The van der Waals surface area contributed by atoms with Gasteiger partial charge in [0, 0.05) is 52.8 Å². The van der Waals surface area contributed by atoms with E-state index in [9.17, 15) is 9.90 Å². The number of hydrogen-bond acceptors (Lipinski definition) is 3. The third-order valence-corrected chi connectivity index (χ3v) is 6.91. The summed E-state index contributed by atoms with van der Waals surface area (Å²) in [5.41, 5.74) is 3.31. The summed E-state index contributed by atoms with van der Waals surface area (Å²) in [6, 6.07) is 13.6. The minimum atomic E-state index is -0.728. The van der Waals surface area contributed by atoms with Crippen molar-refractivity contribution in [3.05, 3.63) is 69.8 Å². The second kappa shape index (κ2) is 9.84. The van der Waals surface area contributed by atoms with Gasteiger partial charge in [-0.05, 0) is 62.2 Å². The number of nitrogens with zero attached hydrogens (tertiary/aromatic N) is 2. The number of halogens is 2. The Labute approximate surface area is 198 Å². The average Bonchev–Trinajstić information content (AvgIpc) is 3.14. The van der Waals surface area contributed by atoms with Gasteiger partial charge in [0.1, 0.15) is 0 Å². The number of H-pyrrole nitrogens is 1.